The standard InChI is InChI=1S/C25H34O4/c1-22-10-8-20(26)19-13-24(19,22)11-6-18-17(22)5-9-23(2)16(7-12-25(18,23)28)15-3-4-21(27)29-14-15/h3-4,14,16-20,26,28H,5-13H2,1-2H3/t16-,17?,18?,19+,20+,22-,23-,24+,25+/m1/s1. The van der Waals surface area contributed by atoms with Gasteiger partial charge in [-0.1, -0.05) is 13.8 Å². The molecule has 9 atom stereocenters. The van der Waals surface area contributed by atoms with Gasteiger partial charge < -0.3 is 14.6 Å². The Hall–Kier alpha value is -1.13. The van der Waals surface area contributed by atoms with Crippen molar-refractivity contribution < 1.29 is 14.6 Å². The van der Waals surface area contributed by atoms with Crippen molar-refractivity contribution in [1.82, 2.24) is 0 Å². The van der Waals surface area contributed by atoms with Crippen LogP contribution < -0.4 is 5.63 Å². The maximum atomic E-state index is 12.3. The van der Waals surface area contributed by atoms with Crippen LogP contribution in [0.4, 0.5) is 0 Å². The van der Waals surface area contributed by atoms with Crippen molar-refractivity contribution in [2.45, 2.75) is 89.3 Å². The Balaban J connectivity index is 1.36. The second kappa shape index (κ2) is 5.56. The maximum absolute atomic E-state index is 12.3. The van der Waals surface area contributed by atoms with Crippen LogP contribution in [0.25, 0.3) is 0 Å². The molecule has 0 bridgehead atoms. The van der Waals surface area contributed by atoms with Crippen LogP contribution >= 0.6 is 0 Å². The summed E-state index contributed by atoms with van der Waals surface area (Å²) in [5.41, 5.74) is 0.585. The molecule has 0 aromatic carbocycles. The van der Waals surface area contributed by atoms with Gasteiger partial charge in [0, 0.05) is 11.5 Å². The van der Waals surface area contributed by atoms with Crippen molar-refractivity contribution in [1.29, 1.82) is 0 Å². The van der Waals surface area contributed by atoms with E-state index < -0.39 is 5.60 Å². The molecule has 2 unspecified atom stereocenters. The minimum atomic E-state index is -0.637. The molecule has 5 aliphatic rings. The van der Waals surface area contributed by atoms with Gasteiger partial charge in [0.15, 0.2) is 0 Å². The van der Waals surface area contributed by atoms with E-state index in [4.69, 9.17) is 4.42 Å². The maximum Gasteiger partial charge on any atom is 0.335 e. The lowest BCUT2D eigenvalue weighted by Gasteiger charge is -2.64. The summed E-state index contributed by atoms with van der Waals surface area (Å²) in [7, 11) is 0. The molecule has 29 heavy (non-hydrogen) atoms. The molecule has 5 aliphatic carbocycles. The quantitative estimate of drug-likeness (QED) is 0.742. The molecule has 0 aliphatic heterocycles. The summed E-state index contributed by atoms with van der Waals surface area (Å²) >= 11 is 0. The normalized spacial score (nSPS) is 55.4. The Morgan fingerprint density at radius 3 is 2.45 bits per heavy atom. The summed E-state index contributed by atoms with van der Waals surface area (Å²) in [5.74, 6) is 1.69. The number of hydrogen-bond acceptors (Lipinski definition) is 4. The van der Waals surface area contributed by atoms with Gasteiger partial charge in [0.2, 0.25) is 0 Å². The van der Waals surface area contributed by atoms with Crippen LogP contribution in [0.2, 0.25) is 0 Å². The zero-order valence-corrected chi connectivity index (χ0v) is 17.7. The van der Waals surface area contributed by atoms with Gasteiger partial charge in [0.05, 0.1) is 18.0 Å². The highest BCUT2D eigenvalue weighted by molar-refractivity contribution is 5.29. The summed E-state index contributed by atoms with van der Waals surface area (Å²) in [5, 5.41) is 22.8. The fraction of sp³-hybridized carbons (Fsp3) is 0.800. The molecule has 0 amide bonds. The molecule has 0 saturated heterocycles. The van der Waals surface area contributed by atoms with Gasteiger partial charge in [-0.2, -0.15) is 0 Å². The van der Waals surface area contributed by atoms with Crippen LogP contribution in [0.15, 0.2) is 27.6 Å². The summed E-state index contributed by atoms with van der Waals surface area (Å²) in [6.07, 6.45) is 11.1. The van der Waals surface area contributed by atoms with Crippen LogP contribution in [-0.2, 0) is 0 Å². The van der Waals surface area contributed by atoms with Gasteiger partial charge in [-0.05, 0) is 104 Å². The zero-order chi connectivity index (χ0) is 20.2. The van der Waals surface area contributed by atoms with Gasteiger partial charge >= 0.3 is 5.63 Å². The molecule has 1 aromatic heterocycles. The number of rotatable bonds is 1. The van der Waals surface area contributed by atoms with Gasteiger partial charge in [0.25, 0.3) is 0 Å². The lowest BCUT2D eigenvalue weighted by Crippen LogP contribution is -2.62. The summed E-state index contributed by atoms with van der Waals surface area (Å²) < 4.78 is 5.19. The van der Waals surface area contributed by atoms with E-state index in [2.05, 4.69) is 13.8 Å². The van der Waals surface area contributed by atoms with E-state index >= 15 is 0 Å². The highest BCUT2D eigenvalue weighted by atomic mass is 16.4. The highest BCUT2D eigenvalue weighted by Crippen LogP contribution is 2.80. The monoisotopic (exact) mass is 398 g/mol. The predicted octanol–water partition coefficient (Wildman–Crippen LogP) is 4.24. The minimum Gasteiger partial charge on any atom is -0.431 e. The van der Waals surface area contributed by atoms with Crippen molar-refractivity contribution in [2.75, 3.05) is 0 Å². The Morgan fingerprint density at radius 2 is 1.69 bits per heavy atom. The number of hydrogen-bond donors (Lipinski definition) is 2. The SMILES string of the molecule is C[C@]12CC[C@H](O)[C@@H]3C[C@@]31CCC1C2CC[C@]2(C)[C@@H](c3ccc(=O)oc3)CC[C@]12O. The topological polar surface area (TPSA) is 70.7 Å². The second-order valence-electron chi connectivity index (χ2n) is 11.6. The van der Waals surface area contributed by atoms with Crippen molar-refractivity contribution in [2.24, 2.45) is 34.0 Å². The summed E-state index contributed by atoms with van der Waals surface area (Å²) in [4.78, 5) is 11.4. The van der Waals surface area contributed by atoms with Crippen molar-refractivity contribution in [3.8, 4) is 0 Å². The predicted molar refractivity (Wildman–Crippen MR) is 109 cm³/mol. The van der Waals surface area contributed by atoms with Gasteiger partial charge in [-0.25, -0.2) is 4.79 Å². The van der Waals surface area contributed by atoms with E-state index in [1.54, 1.807) is 6.26 Å². The molecule has 158 valence electrons. The molecule has 4 nitrogen and oxygen atoms in total. The van der Waals surface area contributed by atoms with Crippen LogP contribution in [-0.4, -0.2) is 21.9 Å². The third kappa shape index (κ3) is 2.06. The molecule has 1 spiro atoms. The number of aliphatic hydroxyl groups excluding tert-OH is 1. The first kappa shape index (κ1) is 18.6. The zero-order valence-electron chi connectivity index (χ0n) is 17.7. The van der Waals surface area contributed by atoms with E-state index in [0.717, 1.165) is 44.1 Å². The Labute approximate surface area is 172 Å². The second-order valence-corrected chi connectivity index (χ2v) is 11.6. The third-order valence-corrected chi connectivity index (χ3v) is 11.2. The largest absolute Gasteiger partial charge is 0.431 e. The molecule has 6 rings (SSSR count). The molecule has 1 heterocycles. The van der Waals surface area contributed by atoms with Crippen molar-refractivity contribution in [3.63, 3.8) is 0 Å². The number of fused-ring (bicyclic) bond motifs is 4. The fourth-order valence-corrected chi connectivity index (χ4v) is 9.50. The lowest BCUT2D eigenvalue weighted by atomic mass is 9.42. The van der Waals surface area contributed by atoms with Crippen molar-refractivity contribution in [3.05, 3.63) is 34.4 Å². The molecule has 5 fully saturated rings. The molecule has 1 aromatic rings. The minimum absolute atomic E-state index is 0.0971. The molecule has 5 saturated carbocycles. The average molecular weight is 399 g/mol. The van der Waals surface area contributed by atoms with Crippen LogP contribution in [0, 0.1) is 34.0 Å². The Kier molecular flexibility index (Phi) is 3.57. The smallest absolute Gasteiger partial charge is 0.335 e. The highest BCUT2D eigenvalue weighted by Gasteiger charge is 2.76. The van der Waals surface area contributed by atoms with Crippen molar-refractivity contribution >= 4 is 0 Å². The Morgan fingerprint density at radius 1 is 0.931 bits per heavy atom. The summed E-state index contributed by atoms with van der Waals surface area (Å²) in [6, 6.07) is 3.43. The van der Waals surface area contributed by atoms with E-state index in [0.29, 0.717) is 23.2 Å². The third-order valence-electron chi connectivity index (χ3n) is 11.2. The van der Waals surface area contributed by atoms with E-state index in [1.165, 1.54) is 25.3 Å². The lowest BCUT2D eigenvalue weighted by molar-refractivity contribution is -0.210. The molecule has 0 radical (unpaired) electrons. The van der Waals surface area contributed by atoms with E-state index in [9.17, 15) is 15.0 Å². The molecule has 2 N–H and O–H groups in total. The van der Waals surface area contributed by atoms with Crippen LogP contribution in [0.1, 0.15) is 83.1 Å². The summed E-state index contributed by atoms with van der Waals surface area (Å²) in [6.45, 7) is 4.79. The van der Waals surface area contributed by atoms with Gasteiger partial charge in [-0.3, -0.25) is 0 Å². The Bertz CT molecular complexity index is 888. The van der Waals surface area contributed by atoms with Gasteiger partial charge in [-0.15, -0.1) is 0 Å². The van der Waals surface area contributed by atoms with Crippen LogP contribution in [0.3, 0.4) is 0 Å². The average Bonchev–Trinajstić information content (AvgIpc) is 3.38. The molecular weight excluding hydrogens is 364 g/mol. The first-order valence-electron chi connectivity index (χ1n) is 11.7. The fourth-order valence-electron chi connectivity index (χ4n) is 9.50. The number of aliphatic hydroxyl groups is 2. The van der Waals surface area contributed by atoms with Crippen LogP contribution in [0.5, 0.6) is 0 Å². The first-order valence-corrected chi connectivity index (χ1v) is 11.7. The molecule has 4 heteroatoms. The molecular formula is C25H34O4. The van der Waals surface area contributed by atoms with E-state index in [-0.39, 0.29) is 28.5 Å². The van der Waals surface area contributed by atoms with Gasteiger partial charge in [0.1, 0.15) is 0 Å². The van der Waals surface area contributed by atoms with E-state index in [1.807, 2.05) is 6.07 Å². The first-order chi connectivity index (χ1) is 13.8.